The standard InChI is InChI=1S/C18H22N2O2/c1-3-4-13-20(16-10-6-5-7-11-16)18(21)19-15-9-8-12-17(14-15)22-2/h5-12,14H,3-4,13H2,1-2H3,(H,19,21). The van der Waals surface area contributed by atoms with Gasteiger partial charge in [0.2, 0.25) is 0 Å². The molecule has 0 saturated carbocycles. The Kier molecular flexibility index (Phi) is 5.83. The van der Waals surface area contributed by atoms with Gasteiger partial charge >= 0.3 is 6.03 Å². The Bertz CT molecular complexity index is 599. The fourth-order valence-electron chi connectivity index (χ4n) is 2.16. The van der Waals surface area contributed by atoms with Crippen LogP contribution in [0.25, 0.3) is 0 Å². The quantitative estimate of drug-likeness (QED) is 0.851. The predicted molar refractivity (Wildman–Crippen MR) is 90.7 cm³/mol. The number of hydrogen-bond acceptors (Lipinski definition) is 2. The molecule has 2 rings (SSSR count). The lowest BCUT2D eigenvalue weighted by molar-refractivity contribution is 0.257. The van der Waals surface area contributed by atoms with Crippen molar-refractivity contribution in [3.05, 3.63) is 54.6 Å². The van der Waals surface area contributed by atoms with Gasteiger partial charge in [-0.1, -0.05) is 37.6 Å². The van der Waals surface area contributed by atoms with Crippen molar-refractivity contribution in [3.63, 3.8) is 0 Å². The zero-order valence-corrected chi connectivity index (χ0v) is 13.1. The van der Waals surface area contributed by atoms with E-state index in [9.17, 15) is 4.79 Å². The van der Waals surface area contributed by atoms with Crippen LogP contribution in [0.15, 0.2) is 54.6 Å². The molecule has 0 unspecified atom stereocenters. The molecule has 2 aromatic carbocycles. The van der Waals surface area contributed by atoms with Crippen molar-refractivity contribution in [2.24, 2.45) is 0 Å². The molecule has 116 valence electrons. The highest BCUT2D eigenvalue weighted by Gasteiger charge is 2.15. The maximum absolute atomic E-state index is 12.6. The molecule has 0 atom stereocenters. The van der Waals surface area contributed by atoms with Crippen LogP contribution < -0.4 is 15.0 Å². The van der Waals surface area contributed by atoms with Gasteiger partial charge in [-0.25, -0.2) is 4.79 Å². The SMILES string of the molecule is CCCCN(C(=O)Nc1cccc(OC)c1)c1ccccc1. The Balaban J connectivity index is 2.14. The summed E-state index contributed by atoms with van der Waals surface area (Å²) < 4.78 is 5.18. The number of ether oxygens (including phenoxy) is 1. The highest BCUT2D eigenvalue weighted by molar-refractivity contribution is 6.01. The highest BCUT2D eigenvalue weighted by atomic mass is 16.5. The van der Waals surface area contributed by atoms with E-state index in [1.165, 1.54) is 0 Å². The summed E-state index contributed by atoms with van der Waals surface area (Å²) in [6.45, 7) is 2.81. The maximum Gasteiger partial charge on any atom is 0.326 e. The number of rotatable bonds is 6. The van der Waals surface area contributed by atoms with Crippen LogP contribution in [0.5, 0.6) is 5.75 Å². The summed E-state index contributed by atoms with van der Waals surface area (Å²) in [5.74, 6) is 0.720. The molecule has 0 aliphatic rings. The van der Waals surface area contributed by atoms with Crippen molar-refractivity contribution >= 4 is 17.4 Å². The van der Waals surface area contributed by atoms with Gasteiger partial charge in [-0.15, -0.1) is 0 Å². The Morgan fingerprint density at radius 1 is 1.14 bits per heavy atom. The molecule has 0 heterocycles. The third-order valence-electron chi connectivity index (χ3n) is 3.37. The number of amides is 2. The molecule has 0 aliphatic heterocycles. The Morgan fingerprint density at radius 2 is 1.91 bits per heavy atom. The van der Waals surface area contributed by atoms with Crippen LogP contribution in [-0.2, 0) is 0 Å². The van der Waals surface area contributed by atoms with Crippen LogP contribution >= 0.6 is 0 Å². The van der Waals surface area contributed by atoms with Crippen molar-refractivity contribution in [1.29, 1.82) is 0 Å². The van der Waals surface area contributed by atoms with Crippen molar-refractivity contribution in [2.75, 3.05) is 23.9 Å². The summed E-state index contributed by atoms with van der Waals surface area (Å²) in [5.41, 5.74) is 1.62. The van der Waals surface area contributed by atoms with E-state index in [2.05, 4.69) is 12.2 Å². The van der Waals surface area contributed by atoms with Gasteiger partial charge in [0, 0.05) is 24.0 Å². The predicted octanol–water partition coefficient (Wildman–Crippen LogP) is 4.53. The number of carbonyl (C=O) groups excluding carboxylic acids is 1. The van der Waals surface area contributed by atoms with Crippen LogP contribution in [0.2, 0.25) is 0 Å². The highest BCUT2D eigenvalue weighted by Crippen LogP contribution is 2.19. The van der Waals surface area contributed by atoms with Gasteiger partial charge in [0.25, 0.3) is 0 Å². The van der Waals surface area contributed by atoms with Gasteiger partial charge in [-0.2, -0.15) is 0 Å². The molecule has 0 saturated heterocycles. The fourth-order valence-corrected chi connectivity index (χ4v) is 2.16. The lowest BCUT2D eigenvalue weighted by atomic mass is 10.2. The molecule has 0 fully saturated rings. The zero-order chi connectivity index (χ0) is 15.8. The van der Waals surface area contributed by atoms with Crippen LogP contribution in [-0.4, -0.2) is 19.7 Å². The average molecular weight is 298 g/mol. The molecule has 0 bridgehead atoms. The van der Waals surface area contributed by atoms with Crippen LogP contribution in [0.4, 0.5) is 16.2 Å². The van der Waals surface area contributed by atoms with Gasteiger partial charge in [0.1, 0.15) is 5.75 Å². The summed E-state index contributed by atoms with van der Waals surface area (Å²) in [7, 11) is 1.61. The minimum absolute atomic E-state index is 0.132. The molecule has 1 N–H and O–H groups in total. The molecule has 4 nitrogen and oxygen atoms in total. The van der Waals surface area contributed by atoms with E-state index in [1.54, 1.807) is 18.1 Å². The van der Waals surface area contributed by atoms with E-state index in [0.29, 0.717) is 6.54 Å². The van der Waals surface area contributed by atoms with Gasteiger partial charge in [-0.05, 0) is 30.7 Å². The number of unbranched alkanes of at least 4 members (excludes halogenated alkanes) is 1. The number of methoxy groups -OCH3 is 1. The lowest BCUT2D eigenvalue weighted by Crippen LogP contribution is -2.35. The summed E-state index contributed by atoms with van der Waals surface area (Å²) >= 11 is 0. The number of anilines is 2. The summed E-state index contributed by atoms with van der Waals surface area (Å²) in [5, 5.41) is 2.93. The number of nitrogens with zero attached hydrogens (tertiary/aromatic N) is 1. The minimum atomic E-state index is -0.132. The normalized spacial score (nSPS) is 10.1. The third-order valence-corrected chi connectivity index (χ3v) is 3.37. The third kappa shape index (κ3) is 4.25. The first kappa shape index (κ1) is 15.9. The van der Waals surface area contributed by atoms with E-state index in [4.69, 9.17) is 4.74 Å². The first-order valence-corrected chi connectivity index (χ1v) is 7.52. The number of nitrogens with one attached hydrogen (secondary N) is 1. The molecule has 2 aromatic rings. The van der Waals surface area contributed by atoms with Gasteiger partial charge < -0.3 is 10.1 Å². The molecular weight excluding hydrogens is 276 g/mol. The average Bonchev–Trinajstić information content (AvgIpc) is 2.56. The largest absolute Gasteiger partial charge is 0.497 e. The Morgan fingerprint density at radius 3 is 2.59 bits per heavy atom. The van der Waals surface area contributed by atoms with E-state index in [0.717, 1.165) is 30.0 Å². The second kappa shape index (κ2) is 8.08. The molecule has 0 aromatic heterocycles. The monoisotopic (exact) mass is 298 g/mol. The van der Waals surface area contributed by atoms with Crippen LogP contribution in [0.3, 0.4) is 0 Å². The topological polar surface area (TPSA) is 41.6 Å². The van der Waals surface area contributed by atoms with Crippen molar-refractivity contribution in [1.82, 2.24) is 0 Å². The molecule has 22 heavy (non-hydrogen) atoms. The fraction of sp³-hybridized carbons (Fsp3) is 0.278. The number of carbonyl (C=O) groups is 1. The Labute approximate surface area is 131 Å². The smallest absolute Gasteiger partial charge is 0.326 e. The zero-order valence-electron chi connectivity index (χ0n) is 13.1. The summed E-state index contributed by atoms with van der Waals surface area (Å²) in [4.78, 5) is 14.4. The van der Waals surface area contributed by atoms with Crippen LogP contribution in [0, 0.1) is 0 Å². The lowest BCUT2D eigenvalue weighted by Gasteiger charge is -2.23. The maximum atomic E-state index is 12.6. The van der Waals surface area contributed by atoms with E-state index < -0.39 is 0 Å². The molecule has 2 amide bonds. The molecule has 0 spiro atoms. The molecule has 0 aliphatic carbocycles. The number of para-hydroxylation sites is 1. The Hall–Kier alpha value is -2.49. The second-order valence-electron chi connectivity index (χ2n) is 5.00. The number of urea groups is 1. The van der Waals surface area contributed by atoms with E-state index in [-0.39, 0.29) is 6.03 Å². The van der Waals surface area contributed by atoms with Crippen LogP contribution in [0.1, 0.15) is 19.8 Å². The first-order chi connectivity index (χ1) is 10.7. The van der Waals surface area contributed by atoms with Crippen molar-refractivity contribution in [2.45, 2.75) is 19.8 Å². The molecule has 0 radical (unpaired) electrons. The van der Waals surface area contributed by atoms with Gasteiger partial charge in [0.05, 0.1) is 7.11 Å². The molecular formula is C18H22N2O2. The van der Waals surface area contributed by atoms with Crippen molar-refractivity contribution in [3.8, 4) is 5.75 Å². The summed E-state index contributed by atoms with van der Waals surface area (Å²) in [6.07, 6.45) is 2.00. The second-order valence-corrected chi connectivity index (χ2v) is 5.00. The molecule has 4 heteroatoms. The van der Waals surface area contributed by atoms with Gasteiger partial charge in [-0.3, -0.25) is 4.90 Å². The first-order valence-electron chi connectivity index (χ1n) is 7.52. The minimum Gasteiger partial charge on any atom is -0.497 e. The number of benzene rings is 2. The summed E-state index contributed by atoms with van der Waals surface area (Å²) in [6, 6.07) is 16.9. The number of hydrogen-bond donors (Lipinski definition) is 1. The van der Waals surface area contributed by atoms with Crippen molar-refractivity contribution < 1.29 is 9.53 Å². The van der Waals surface area contributed by atoms with Gasteiger partial charge in [0.15, 0.2) is 0 Å². The van der Waals surface area contributed by atoms with E-state index >= 15 is 0 Å². The van der Waals surface area contributed by atoms with E-state index in [1.807, 2.05) is 48.5 Å².